The number of halogens is 1. The van der Waals surface area contributed by atoms with Crippen molar-refractivity contribution in [2.45, 2.75) is 46.1 Å². The molecule has 0 spiro atoms. The summed E-state index contributed by atoms with van der Waals surface area (Å²) in [5.74, 6) is 0.860. The summed E-state index contributed by atoms with van der Waals surface area (Å²) >= 11 is 1.92. The molecule has 1 aromatic rings. The number of ether oxygens (including phenoxy) is 1. The highest BCUT2D eigenvalue weighted by Gasteiger charge is 2.32. The third-order valence-electron chi connectivity index (χ3n) is 4.55. The van der Waals surface area contributed by atoms with Crippen LogP contribution in [0, 0.1) is 8.99 Å². The number of carbonyl (C=O) groups excluding carboxylic acids is 1. The Morgan fingerprint density at radius 2 is 1.96 bits per heavy atom. The van der Waals surface area contributed by atoms with Crippen molar-refractivity contribution in [2.75, 3.05) is 30.3 Å². The summed E-state index contributed by atoms with van der Waals surface area (Å²) in [5, 5.41) is 2.87. The molecule has 1 aliphatic rings. The molecule has 0 radical (unpaired) electrons. The van der Waals surface area contributed by atoms with E-state index in [2.05, 4.69) is 22.1 Å². The predicted molar refractivity (Wildman–Crippen MR) is 110 cm³/mol. The van der Waals surface area contributed by atoms with Gasteiger partial charge in [0.2, 0.25) is 5.95 Å². The first-order valence-electron chi connectivity index (χ1n) is 8.66. The molecule has 1 saturated heterocycles. The summed E-state index contributed by atoms with van der Waals surface area (Å²) in [7, 11) is 1.71. The Morgan fingerprint density at radius 3 is 2.50 bits per heavy atom. The minimum absolute atomic E-state index is 0.0268. The zero-order valence-corrected chi connectivity index (χ0v) is 18.2. The second-order valence-electron chi connectivity index (χ2n) is 8.13. The van der Waals surface area contributed by atoms with Gasteiger partial charge >= 0.3 is 6.09 Å². The summed E-state index contributed by atoms with van der Waals surface area (Å²) in [6.45, 7) is 9.72. The topological polar surface area (TPSA) is 102 Å². The van der Waals surface area contributed by atoms with E-state index in [1.165, 1.54) is 0 Å². The van der Waals surface area contributed by atoms with Gasteiger partial charge in [0.05, 0.1) is 0 Å². The van der Waals surface area contributed by atoms with Crippen molar-refractivity contribution >= 4 is 40.5 Å². The molecule has 1 fully saturated rings. The molecule has 3 N–H and O–H groups in total. The number of carbonyl (C=O) groups is 1. The average molecular weight is 477 g/mol. The summed E-state index contributed by atoms with van der Waals surface area (Å²) in [6.07, 6.45) is 1.34. The molecule has 9 heteroatoms. The molecule has 1 amide bonds. The third kappa shape index (κ3) is 5.01. The van der Waals surface area contributed by atoms with Crippen molar-refractivity contribution in [2.24, 2.45) is 12.5 Å². The molecule has 0 aliphatic carbocycles. The Bertz CT molecular complexity index is 733. The van der Waals surface area contributed by atoms with Crippen LogP contribution in [0.1, 0.15) is 40.5 Å². The largest absolute Gasteiger partial charge is 0.444 e. The van der Waals surface area contributed by atoms with Crippen LogP contribution in [0.2, 0.25) is 0 Å². The predicted octanol–water partition coefficient (Wildman–Crippen LogP) is 2.10. The first-order chi connectivity index (χ1) is 11.9. The second kappa shape index (κ2) is 7.61. The molecule has 0 aromatic carbocycles. The van der Waals surface area contributed by atoms with Gasteiger partial charge in [-0.3, -0.25) is 9.36 Å². The van der Waals surface area contributed by atoms with Gasteiger partial charge in [0.15, 0.2) is 0 Å². The number of rotatable bonds is 3. The molecule has 0 bridgehead atoms. The molecule has 1 aromatic heterocycles. The average Bonchev–Trinajstić information content (AvgIpc) is 2.54. The van der Waals surface area contributed by atoms with Crippen molar-refractivity contribution < 1.29 is 9.53 Å². The van der Waals surface area contributed by atoms with Crippen LogP contribution in [0.4, 0.5) is 16.6 Å². The number of alkyl carbamates (subject to hydrolysis) is 1. The molecule has 26 heavy (non-hydrogen) atoms. The fraction of sp³-hybridized carbons (Fsp3) is 0.706. The van der Waals surface area contributed by atoms with Crippen LogP contribution in [0.5, 0.6) is 0 Å². The lowest BCUT2D eigenvalue weighted by Gasteiger charge is -2.40. The minimum Gasteiger partial charge on any atom is -0.444 e. The van der Waals surface area contributed by atoms with E-state index in [0.717, 1.165) is 25.9 Å². The van der Waals surface area contributed by atoms with Gasteiger partial charge in [0.1, 0.15) is 15.0 Å². The number of nitrogens with zero attached hydrogens (tertiary/aromatic N) is 3. The van der Waals surface area contributed by atoms with Crippen LogP contribution in [0.3, 0.4) is 0 Å². The SMILES string of the molecule is Cn1c(N2CCC(C)(CNC(=O)OC(C)(C)C)CC2)nc(N)c(I)c1=O. The van der Waals surface area contributed by atoms with Crippen molar-refractivity contribution in [3.05, 3.63) is 13.9 Å². The summed E-state index contributed by atoms with van der Waals surface area (Å²) in [5.41, 5.74) is 5.20. The maximum atomic E-state index is 12.2. The number of amides is 1. The number of nitrogen functional groups attached to an aromatic ring is 1. The lowest BCUT2D eigenvalue weighted by atomic mass is 9.80. The van der Waals surface area contributed by atoms with E-state index in [0.29, 0.717) is 16.1 Å². The zero-order chi connectivity index (χ0) is 19.7. The number of piperidine rings is 1. The van der Waals surface area contributed by atoms with Gasteiger partial charge < -0.3 is 20.7 Å². The van der Waals surface area contributed by atoms with E-state index in [1.54, 1.807) is 11.6 Å². The van der Waals surface area contributed by atoms with E-state index in [4.69, 9.17) is 10.5 Å². The highest BCUT2D eigenvalue weighted by atomic mass is 127. The van der Waals surface area contributed by atoms with E-state index in [1.807, 2.05) is 43.4 Å². The van der Waals surface area contributed by atoms with E-state index in [-0.39, 0.29) is 16.8 Å². The zero-order valence-electron chi connectivity index (χ0n) is 16.1. The maximum absolute atomic E-state index is 12.2. The lowest BCUT2D eigenvalue weighted by molar-refractivity contribution is 0.0495. The Kier molecular flexibility index (Phi) is 6.09. The number of hydrogen-bond acceptors (Lipinski definition) is 6. The standard InChI is InChI=1S/C17H28IN5O3/c1-16(2,3)26-15(25)20-10-17(4)6-8-23(9-7-17)14-21-12(19)11(18)13(24)22(14)5/h6-10,19H2,1-5H3,(H,20,25). The number of nitrogens with one attached hydrogen (secondary N) is 1. The van der Waals surface area contributed by atoms with Crippen molar-refractivity contribution in [3.63, 3.8) is 0 Å². The fourth-order valence-corrected chi connectivity index (χ4v) is 3.37. The van der Waals surface area contributed by atoms with Crippen LogP contribution in [0.25, 0.3) is 0 Å². The first kappa shape index (κ1) is 20.8. The molecule has 8 nitrogen and oxygen atoms in total. The molecule has 146 valence electrons. The van der Waals surface area contributed by atoms with E-state index in [9.17, 15) is 9.59 Å². The van der Waals surface area contributed by atoms with Gasteiger partial charge in [-0.2, -0.15) is 4.98 Å². The Labute approximate surface area is 167 Å². The second-order valence-corrected chi connectivity index (χ2v) is 9.21. The quantitative estimate of drug-likeness (QED) is 0.647. The van der Waals surface area contributed by atoms with Gasteiger partial charge in [-0.05, 0) is 61.6 Å². The van der Waals surface area contributed by atoms with E-state index < -0.39 is 11.7 Å². The highest BCUT2D eigenvalue weighted by molar-refractivity contribution is 14.1. The van der Waals surface area contributed by atoms with Crippen molar-refractivity contribution in [3.8, 4) is 0 Å². The summed E-state index contributed by atoms with van der Waals surface area (Å²) in [4.78, 5) is 30.6. The number of nitrogens with two attached hydrogens (primary N) is 1. The summed E-state index contributed by atoms with van der Waals surface area (Å²) < 4.78 is 7.28. The lowest BCUT2D eigenvalue weighted by Crippen LogP contribution is -2.47. The van der Waals surface area contributed by atoms with Crippen LogP contribution in [-0.2, 0) is 11.8 Å². The van der Waals surface area contributed by atoms with Crippen LogP contribution >= 0.6 is 22.6 Å². The molecule has 1 aliphatic heterocycles. The van der Waals surface area contributed by atoms with Crippen LogP contribution < -0.4 is 21.5 Å². The highest BCUT2D eigenvalue weighted by Crippen LogP contribution is 2.32. The van der Waals surface area contributed by atoms with Crippen molar-refractivity contribution in [1.29, 1.82) is 0 Å². The normalized spacial score (nSPS) is 17.1. The number of aromatic nitrogens is 2. The Morgan fingerprint density at radius 1 is 1.38 bits per heavy atom. The third-order valence-corrected chi connectivity index (χ3v) is 5.56. The van der Waals surface area contributed by atoms with Gasteiger partial charge in [0, 0.05) is 26.7 Å². The van der Waals surface area contributed by atoms with Gasteiger partial charge in [-0.15, -0.1) is 0 Å². The van der Waals surface area contributed by atoms with Crippen LogP contribution in [0.15, 0.2) is 4.79 Å². The maximum Gasteiger partial charge on any atom is 0.407 e. The molecule has 0 saturated carbocycles. The van der Waals surface area contributed by atoms with Gasteiger partial charge in [0.25, 0.3) is 5.56 Å². The molecule has 2 rings (SSSR count). The first-order valence-corrected chi connectivity index (χ1v) is 9.73. The number of anilines is 2. The minimum atomic E-state index is -0.504. The molecule has 0 unspecified atom stereocenters. The van der Waals surface area contributed by atoms with Crippen LogP contribution in [-0.4, -0.2) is 40.9 Å². The Balaban J connectivity index is 1.98. The molecule has 0 atom stereocenters. The van der Waals surface area contributed by atoms with Gasteiger partial charge in [-0.25, -0.2) is 4.79 Å². The van der Waals surface area contributed by atoms with Crippen molar-refractivity contribution in [1.82, 2.24) is 14.9 Å². The Hall–Kier alpha value is -1.52. The number of hydrogen-bond donors (Lipinski definition) is 2. The molecular formula is C17H28IN5O3. The monoisotopic (exact) mass is 477 g/mol. The van der Waals surface area contributed by atoms with E-state index >= 15 is 0 Å². The molecule has 2 heterocycles. The smallest absolute Gasteiger partial charge is 0.407 e. The molecular weight excluding hydrogens is 449 g/mol. The summed E-state index contributed by atoms with van der Waals surface area (Å²) in [6, 6.07) is 0. The fourth-order valence-electron chi connectivity index (χ4n) is 2.89. The van der Waals surface area contributed by atoms with Gasteiger partial charge in [-0.1, -0.05) is 6.92 Å².